The van der Waals surface area contributed by atoms with Crippen molar-refractivity contribution in [2.75, 3.05) is 31.1 Å². The second-order valence-corrected chi connectivity index (χ2v) is 8.91. The van der Waals surface area contributed by atoms with Crippen molar-refractivity contribution in [1.29, 1.82) is 0 Å². The summed E-state index contributed by atoms with van der Waals surface area (Å²) in [7, 11) is 0. The third kappa shape index (κ3) is 3.36. The van der Waals surface area contributed by atoms with Crippen LogP contribution in [0, 0.1) is 0 Å². The molecule has 4 aromatic rings. The third-order valence-corrected chi connectivity index (χ3v) is 6.85. The summed E-state index contributed by atoms with van der Waals surface area (Å²) in [6.07, 6.45) is 6.32. The van der Waals surface area contributed by atoms with Gasteiger partial charge in [-0.15, -0.1) is 21.5 Å². The molecule has 1 aliphatic carbocycles. The standard InChI is InChI=1S/C22H23N7S/c1-2-4-17(5-3-1)22-24-18(15-30-22)14-27-10-12-28(13-11-27)20-21-26-25-19(16-6-7-16)29(21)9-8-23-20/h1-5,8-9,15-16H,6-7,10-14H2. The molecule has 1 saturated carbocycles. The number of piperazine rings is 1. The summed E-state index contributed by atoms with van der Waals surface area (Å²) in [5.74, 6) is 2.62. The van der Waals surface area contributed by atoms with Crippen LogP contribution >= 0.6 is 11.3 Å². The van der Waals surface area contributed by atoms with Crippen LogP contribution in [0.1, 0.15) is 30.3 Å². The largest absolute Gasteiger partial charge is 0.351 e. The summed E-state index contributed by atoms with van der Waals surface area (Å²) in [5.41, 5.74) is 3.23. The van der Waals surface area contributed by atoms with Crippen molar-refractivity contribution in [3.05, 3.63) is 59.6 Å². The van der Waals surface area contributed by atoms with Gasteiger partial charge in [-0.05, 0) is 12.8 Å². The maximum atomic E-state index is 4.85. The van der Waals surface area contributed by atoms with Gasteiger partial charge in [0, 0.05) is 62.0 Å². The van der Waals surface area contributed by atoms with Gasteiger partial charge in [0.25, 0.3) is 0 Å². The molecule has 0 bridgehead atoms. The topological polar surface area (TPSA) is 62.5 Å². The number of anilines is 1. The Morgan fingerprint density at radius 2 is 1.83 bits per heavy atom. The highest BCUT2D eigenvalue weighted by Crippen LogP contribution is 2.39. The first-order chi connectivity index (χ1) is 14.8. The first-order valence-electron chi connectivity index (χ1n) is 10.5. The molecule has 8 heteroatoms. The first-order valence-corrected chi connectivity index (χ1v) is 11.4. The fourth-order valence-electron chi connectivity index (χ4n) is 4.11. The van der Waals surface area contributed by atoms with Crippen molar-refractivity contribution in [2.45, 2.75) is 25.3 Å². The van der Waals surface area contributed by atoms with Gasteiger partial charge in [-0.3, -0.25) is 9.30 Å². The molecule has 0 radical (unpaired) electrons. The highest BCUT2D eigenvalue weighted by Gasteiger charge is 2.30. The minimum atomic E-state index is 0.575. The lowest BCUT2D eigenvalue weighted by molar-refractivity contribution is 0.247. The van der Waals surface area contributed by atoms with E-state index in [-0.39, 0.29) is 0 Å². The van der Waals surface area contributed by atoms with Crippen LogP contribution in [-0.2, 0) is 6.54 Å². The molecule has 152 valence electrons. The van der Waals surface area contributed by atoms with Gasteiger partial charge in [0.15, 0.2) is 5.82 Å². The lowest BCUT2D eigenvalue weighted by atomic mass is 10.2. The van der Waals surface area contributed by atoms with Crippen LogP contribution in [-0.4, -0.2) is 55.6 Å². The Morgan fingerprint density at radius 3 is 2.63 bits per heavy atom. The normalized spacial score (nSPS) is 17.7. The summed E-state index contributed by atoms with van der Waals surface area (Å²) in [6.45, 7) is 4.75. The number of aromatic nitrogens is 5. The van der Waals surface area contributed by atoms with Gasteiger partial charge in [-0.25, -0.2) is 9.97 Å². The number of thiazole rings is 1. The van der Waals surface area contributed by atoms with Crippen molar-refractivity contribution >= 4 is 22.8 Å². The van der Waals surface area contributed by atoms with Crippen LogP contribution in [0.15, 0.2) is 48.1 Å². The minimum absolute atomic E-state index is 0.575. The second-order valence-electron chi connectivity index (χ2n) is 8.05. The fraction of sp³-hybridized carbons (Fsp3) is 0.364. The number of hydrogen-bond donors (Lipinski definition) is 0. The molecule has 0 spiro atoms. The van der Waals surface area contributed by atoms with Gasteiger partial charge in [-0.1, -0.05) is 30.3 Å². The number of rotatable bonds is 5. The van der Waals surface area contributed by atoms with Gasteiger partial charge in [0.05, 0.1) is 5.69 Å². The van der Waals surface area contributed by atoms with Crippen LogP contribution in [0.5, 0.6) is 0 Å². The molecule has 0 atom stereocenters. The highest BCUT2D eigenvalue weighted by atomic mass is 32.1. The molecule has 2 aliphatic rings. The van der Waals surface area contributed by atoms with Crippen LogP contribution in [0.4, 0.5) is 5.82 Å². The Kier molecular flexibility index (Phi) is 4.46. The van der Waals surface area contributed by atoms with Crippen LogP contribution < -0.4 is 4.90 Å². The molecule has 3 aromatic heterocycles. The lowest BCUT2D eigenvalue weighted by Gasteiger charge is -2.34. The van der Waals surface area contributed by atoms with E-state index in [0.29, 0.717) is 5.92 Å². The summed E-state index contributed by atoms with van der Waals surface area (Å²) in [5, 5.41) is 12.2. The van der Waals surface area contributed by atoms with Gasteiger partial charge >= 0.3 is 0 Å². The Morgan fingerprint density at radius 1 is 1.00 bits per heavy atom. The summed E-state index contributed by atoms with van der Waals surface area (Å²) >= 11 is 1.72. The average Bonchev–Trinajstić information content (AvgIpc) is 3.37. The molecule has 6 rings (SSSR count). The molecule has 1 aromatic carbocycles. The highest BCUT2D eigenvalue weighted by molar-refractivity contribution is 7.13. The smallest absolute Gasteiger partial charge is 0.203 e. The van der Waals surface area contributed by atoms with E-state index >= 15 is 0 Å². The van der Waals surface area contributed by atoms with E-state index in [9.17, 15) is 0 Å². The quantitative estimate of drug-likeness (QED) is 0.496. The van der Waals surface area contributed by atoms with E-state index in [4.69, 9.17) is 4.98 Å². The number of nitrogens with zero attached hydrogens (tertiary/aromatic N) is 7. The van der Waals surface area contributed by atoms with Crippen molar-refractivity contribution in [3.8, 4) is 10.6 Å². The zero-order valence-corrected chi connectivity index (χ0v) is 17.5. The Bertz CT molecular complexity index is 1160. The van der Waals surface area contributed by atoms with Crippen LogP contribution in [0.2, 0.25) is 0 Å². The second kappa shape index (κ2) is 7.45. The summed E-state index contributed by atoms with van der Waals surface area (Å²) < 4.78 is 2.13. The molecular formula is C22H23N7S. The number of fused-ring (bicyclic) bond motifs is 1. The molecule has 0 amide bonds. The van der Waals surface area contributed by atoms with E-state index in [0.717, 1.165) is 60.7 Å². The molecule has 1 saturated heterocycles. The molecule has 1 aliphatic heterocycles. The van der Waals surface area contributed by atoms with Crippen LogP contribution in [0.3, 0.4) is 0 Å². The van der Waals surface area contributed by atoms with E-state index in [2.05, 4.69) is 59.0 Å². The molecule has 2 fully saturated rings. The summed E-state index contributed by atoms with van der Waals surface area (Å²) in [4.78, 5) is 14.3. The first kappa shape index (κ1) is 18.0. The third-order valence-electron chi connectivity index (χ3n) is 5.91. The monoisotopic (exact) mass is 417 g/mol. The predicted molar refractivity (Wildman–Crippen MR) is 118 cm³/mol. The molecule has 7 nitrogen and oxygen atoms in total. The predicted octanol–water partition coefficient (Wildman–Crippen LogP) is 3.45. The zero-order chi connectivity index (χ0) is 19.9. The number of hydrogen-bond acceptors (Lipinski definition) is 7. The Hall–Kier alpha value is -2.84. The molecule has 0 unspecified atom stereocenters. The molecule has 0 N–H and O–H groups in total. The number of benzene rings is 1. The van der Waals surface area contributed by atoms with E-state index in [1.54, 1.807) is 11.3 Å². The van der Waals surface area contributed by atoms with Gasteiger partial charge in [-0.2, -0.15) is 0 Å². The minimum Gasteiger partial charge on any atom is -0.351 e. The fourth-order valence-corrected chi connectivity index (χ4v) is 4.93. The molecular weight excluding hydrogens is 394 g/mol. The zero-order valence-electron chi connectivity index (χ0n) is 16.7. The Labute approximate surface area is 179 Å². The SMILES string of the molecule is c1ccc(-c2nc(CN3CCN(c4nccn5c(C6CC6)nnc45)CC3)cs2)cc1. The van der Waals surface area contributed by atoms with Crippen molar-refractivity contribution < 1.29 is 0 Å². The van der Waals surface area contributed by atoms with Crippen molar-refractivity contribution in [3.63, 3.8) is 0 Å². The van der Waals surface area contributed by atoms with E-state index in [1.165, 1.54) is 18.4 Å². The molecule has 30 heavy (non-hydrogen) atoms. The van der Waals surface area contributed by atoms with E-state index in [1.807, 2.05) is 18.5 Å². The summed E-state index contributed by atoms with van der Waals surface area (Å²) in [6, 6.07) is 10.4. The molecule has 4 heterocycles. The van der Waals surface area contributed by atoms with Crippen molar-refractivity contribution in [1.82, 2.24) is 29.5 Å². The van der Waals surface area contributed by atoms with Crippen LogP contribution in [0.25, 0.3) is 16.2 Å². The Balaban J connectivity index is 1.13. The maximum absolute atomic E-state index is 4.85. The van der Waals surface area contributed by atoms with Gasteiger partial charge < -0.3 is 4.90 Å². The lowest BCUT2D eigenvalue weighted by Crippen LogP contribution is -2.46. The van der Waals surface area contributed by atoms with Crippen molar-refractivity contribution in [2.24, 2.45) is 0 Å². The van der Waals surface area contributed by atoms with Gasteiger partial charge in [0.1, 0.15) is 10.8 Å². The van der Waals surface area contributed by atoms with Gasteiger partial charge in [0.2, 0.25) is 5.65 Å². The average molecular weight is 418 g/mol. The maximum Gasteiger partial charge on any atom is 0.203 e. The van der Waals surface area contributed by atoms with E-state index < -0.39 is 0 Å².